The molecule has 38 heavy (non-hydrogen) atoms. The number of nitrogens with zero attached hydrogens (tertiary/aromatic N) is 3. The minimum Gasteiger partial charge on any atom is -0.456 e. The smallest absolute Gasteiger partial charge is 0.226 e. The third-order valence-electron chi connectivity index (χ3n) is 7.25. The van der Waals surface area contributed by atoms with Gasteiger partial charge in [-0.15, -0.1) is 0 Å². The van der Waals surface area contributed by atoms with E-state index in [1.165, 1.54) is 26.9 Å². The van der Waals surface area contributed by atoms with E-state index in [2.05, 4.69) is 76.7 Å². The maximum atomic E-state index is 6.50. The van der Waals surface area contributed by atoms with Gasteiger partial charge >= 0.3 is 0 Å². The van der Waals surface area contributed by atoms with E-state index in [-0.39, 0.29) is 5.28 Å². The van der Waals surface area contributed by atoms with Gasteiger partial charge in [0.15, 0.2) is 11.6 Å². The molecule has 0 N–H and O–H groups in total. The zero-order valence-corrected chi connectivity index (χ0v) is 20.8. The summed E-state index contributed by atoms with van der Waals surface area (Å²) >= 11 is 6.50. The van der Waals surface area contributed by atoms with Crippen molar-refractivity contribution in [3.05, 3.63) is 114 Å². The number of aromatic nitrogens is 3. The maximum Gasteiger partial charge on any atom is 0.226 e. The lowest BCUT2D eigenvalue weighted by Gasteiger charge is -2.12. The first-order chi connectivity index (χ1) is 18.7. The molecule has 0 unspecified atom stereocenters. The highest BCUT2D eigenvalue weighted by molar-refractivity contribution is 6.28. The van der Waals surface area contributed by atoms with Crippen molar-refractivity contribution in [2.24, 2.45) is 0 Å². The number of furan rings is 1. The molecule has 0 aliphatic carbocycles. The topological polar surface area (TPSA) is 51.8 Å². The number of hydrogen-bond acceptors (Lipinski definition) is 4. The van der Waals surface area contributed by atoms with Gasteiger partial charge < -0.3 is 4.42 Å². The monoisotopic (exact) mass is 507 g/mol. The first-order valence-electron chi connectivity index (χ1n) is 12.4. The van der Waals surface area contributed by atoms with Gasteiger partial charge in [0.2, 0.25) is 5.28 Å². The first-order valence-corrected chi connectivity index (χ1v) is 12.8. The van der Waals surface area contributed by atoms with Crippen LogP contribution in [0.2, 0.25) is 5.28 Å². The lowest BCUT2D eigenvalue weighted by molar-refractivity contribution is 0.669. The van der Waals surface area contributed by atoms with Crippen molar-refractivity contribution in [1.29, 1.82) is 0 Å². The zero-order chi connectivity index (χ0) is 25.2. The summed E-state index contributed by atoms with van der Waals surface area (Å²) in [6.07, 6.45) is 0. The van der Waals surface area contributed by atoms with E-state index < -0.39 is 0 Å². The molecule has 2 aromatic heterocycles. The quantitative estimate of drug-likeness (QED) is 0.219. The van der Waals surface area contributed by atoms with Crippen LogP contribution in [0.25, 0.3) is 77.0 Å². The molecule has 8 aromatic rings. The predicted octanol–water partition coefficient (Wildman–Crippen LogP) is 9.22. The van der Waals surface area contributed by atoms with Crippen molar-refractivity contribution in [3.63, 3.8) is 0 Å². The molecular weight excluding hydrogens is 490 g/mol. The second-order valence-corrected chi connectivity index (χ2v) is 9.72. The molecule has 0 aliphatic heterocycles. The fourth-order valence-corrected chi connectivity index (χ4v) is 5.77. The van der Waals surface area contributed by atoms with E-state index in [0.29, 0.717) is 11.6 Å². The largest absolute Gasteiger partial charge is 0.456 e. The van der Waals surface area contributed by atoms with Crippen LogP contribution in [0.5, 0.6) is 0 Å². The van der Waals surface area contributed by atoms with Crippen LogP contribution < -0.4 is 0 Å². The van der Waals surface area contributed by atoms with Crippen molar-refractivity contribution in [3.8, 4) is 22.8 Å². The number of rotatable bonds is 2. The Labute approximate surface area is 222 Å². The molecular formula is C33H18ClN3O. The molecule has 0 saturated carbocycles. The van der Waals surface area contributed by atoms with Gasteiger partial charge in [-0.1, -0.05) is 91.0 Å². The zero-order valence-electron chi connectivity index (χ0n) is 20.0. The molecule has 0 spiro atoms. The Morgan fingerprint density at radius 2 is 1.05 bits per heavy atom. The van der Waals surface area contributed by atoms with Gasteiger partial charge in [0.1, 0.15) is 11.2 Å². The highest BCUT2D eigenvalue weighted by atomic mass is 35.5. The Kier molecular flexibility index (Phi) is 4.54. The van der Waals surface area contributed by atoms with Crippen molar-refractivity contribution >= 4 is 65.9 Å². The number of benzene rings is 6. The second-order valence-electron chi connectivity index (χ2n) is 9.38. The van der Waals surface area contributed by atoms with E-state index in [9.17, 15) is 0 Å². The Balaban J connectivity index is 1.38. The standard InChI is InChI=1S/C33H18ClN3O/c34-33-36-31(35-32(37-33)26-13-7-15-29-30(26)25-12-5-6-14-28(25)38-29)19-16-17-24-22-10-2-1-8-20(22)21-9-3-4-11-23(21)27(24)18-19/h1-18H. The SMILES string of the molecule is Clc1nc(-c2ccc3c4ccccc4c4ccccc4c3c2)nc(-c2cccc3oc4ccccc4c23)n1. The van der Waals surface area contributed by atoms with Gasteiger partial charge in [0.05, 0.1) is 0 Å². The maximum absolute atomic E-state index is 6.50. The molecule has 0 saturated heterocycles. The molecule has 4 nitrogen and oxygen atoms in total. The lowest BCUT2D eigenvalue weighted by Crippen LogP contribution is -1.97. The molecule has 0 radical (unpaired) electrons. The number of para-hydroxylation sites is 1. The highest BCUT2D eigenvalue weighted by Gasteiger charge is 2.17. The molecule has 0 atom stereocenters. The van der Waals surface area contributed by atoms with Crippen LogP contribution in [0.4, 0.5) is 0 Å². The van der Waals surface area contributed by atoms with Crippen LogP contribution in [-0.4, -0.2) is 15.0 Å². The molecule has 0 amide bonds. The molecule has 8 rings (SSSR count). The van der Waals surface area contributed by atoms with Crippen molar-refractivity contribution < 1.29 is 4.42 Å². The van der Waals surface area contributed by atoms with Gasteiger partial charge in [0, 0.05) is 21.9 Å². The van der Waals surface area contributed by atoms with Gasteiger partial charge in [-0.2, -0.15) is 9.97 Å². The molecule has 5 heteroatoms. The number of fused-ring (bicyclic) bond motifs is 9. The Morgan fingerprint density at radius 3 is 1.79 bits per heavy atom. The Bertz CT molecular complexity index is 2180. The number of hydrogen-bond donors (Lipinski definition) is 0. The van der Waals surface area contributed by atoms with E-state index in [4.69, 9.17) is 21.0 Å². The highest BCUT2D eigenvalue weighted by Crippen LogP contribution is 2.38. The third-order valence-corrected chi connectivity index (χ3v) is 7.42. The minimum absolute atomic E-state index is 0.151. The van der Waals surface area contributed by atoms with Crippen molar-refractivity contribution in [2.45, 2.75) is 0 Å². The Hall–Kier alpha value is -4.80. The second kappa shape index (κ2) is 8.10. The average Bonchev–Trinajstić information content (AvgIpc) is 3.36. The summed E-state index contributed by atoms with van der Waals surface area (Å²) < 4.78 is 6.08. The fourth-order valence-electron chi connectivity index (χ4n) is 5.61. The summed E-state index contributed by atoms with van der Waals surface area (Å²) in [6, 6.07) is 37.3. The van der Waals surface area contributed by atoms with E-state index in [0.717, 1.165) is 38.5 Å². The number of halogens is 1. The van der Waals surface area contributed by atoms with Gasteiger partial charge in [0.25, 0.3) is 0 Å². The van der Waals surface area contributed by atoms with E-state index in [1.54, 1.807) is 0 Å². The van der Waals surface area contributed by atoms with E-state index in [1.807, 2.05) is 42.5 Å². The van der Waals surface area contributed by atoms with Crippen LogP contribution in [0.1, 0.15) is 0 Å². The van der Waals surface area contributed by atoms with Crippen LogP contribution in [0, 0.1) is 0 Å². The third kappa shape index (κ3) is 3.14. The van der Waals surface area contributed by atoms with Crippen LogP contribution in [0.3, 0.4) is 0 Å². The average molecular weight is 508 g/mol. The summed E-state index contributed by atoms with van der Waals surface area (Å²) in [4.78, 5) is 14.0. The summed E-state index contributed by atoms with van der Waals surface area (Å²) in [6.45, 7) is 0. The summed E-state index contributed by atoms with van der Waals surface area (Å²) in [5, 5.41) is 9.36. The molecule has 0 fully saturated rings. The minimum atomic E-state index is 0.151. The first kappa shape index (κ1) is 21.3. The van der Waals surface area contributed by atoms with E-state index >= 15 is 0 Å². The molecule has 0 bridgehead atoms. The Morgan fingerprint density at radius 1 is 0.474 bits per heavy atom. The van der Waals surface area contributed by atoms with Crippen LogP contribution in [0.15, 0.2) is 114 Å². The van der Waals surface area contributed by atoms with Gasteiger partial charge in [-0.25, -0.2) is 4.98 Å². The van der Waals surface area contributed by atoms with Crippen LogP contribution >= 0.6 is 11.6 Å². The van der Waals surface area contributed by atoms with Gasteiger partial charge in [-0.3, -0.25) is 0 Å². The normalized spacial score (nSPS) is 11.8. The van der Waals surface area contributed by atoms with Gasteiger partial charge in [-0.05, 0) is 62.1 Å². The summed E-state index contributed by atoms with van der Waals surface area (Å²) in [5.41, 5.74) is 3.35. The molecule has 178 valence electrons. The lowest BCUT2D eigenvalue weighted by atomic mass is 9.93. The van der Waals surface area contributed by atoms with Crippen LogP contribution in [-0.2, 0) is 0 Å². The molecule has 2 heterocycles. The molecule has 6 aromatic carbocycles. The molecule has 0 aliphatic rings. The summed E-state index contributed by atoms with van der Waals surface area (Å²) in [5.74, 6) is 1.05. The predicted molar refractivity (Wildman–Crippen MR) is 156 cm³/mol. The fraction of sp³-hybridized carbons (Fsp3) is 0. The summed E-state index contributed by atoms with van der Waals surface area (Å²) in [7, 11) is 0. The van der Waals surface area contributed by atoms with Crippen molar-refractivity contribution in [2.75, 3.05) is 0 Å². The van der Waals surface area contributed by atoms with Crippen molar-refractivity contribution in [1.82, 2.24) is 15.0 Å².